The van der Waals surface area contributed by atoms with Gasteiger partial charge in [-0.3, -0.25) is 0 Å². The highest BCUT2D eigenvalue weighted by molar-refractivity contribution is 6.47. The second-order valence-corrected chi connectivity index (χ2v) is 9.66. The topological polar surface area (TPSA) is 101 Å². The van der Waals surface area contributed by atoms with E-state index in [-0.39, 0.29) is 45.1 Å². The first-order valence-corrected chi connectivity index (χ1v) is 10.0. The number of rotatable bonds is 9. The van der Waals surface area contributed by atoms with Gasteiger partial charge in [0, 0.05) is 4.91 Å². The first-order chi connectivity index (χ1) is 13.7. The summed E-state index contributed by atoms with van der Waals surface area (Å²) in [6.45, 7) is 1.21. The van der Waals surface area contributed by atoms with E-state index in [2.05, 4.69) is 10.0 Å². The standard InChI is InChI=1S/C18H26Cl3N5O4/c1-25(2,3)7-9-29-17(27)11-13(19)12(15(21)16(14(11)20)23-24-22)18(28)30-10-8-26(4,5)6/h7-10H2,1-6H3/q+2. The quantitative estimate of drug-likeness (QED) is 0.172. The summed E-state index contributed by atoms with van der Waals surface area (Å²) < 4.78 is 11.6. The van der Waals surface area contributed by atoms with Gasteiger partial charge in [-0.05, 0) is 5.53 Å². The number of benzene rings is 1. The van der Waals surface area contributed by atoms with Gasteiger partial charge < -0.3 is 18.4 Å². The summed E-state index contributed by atoms with van der Waals surface area (Å²) in [6, 6.07) is 0. The lowest BCUT2D eigenvalue weighted by molar-refractivity contribution is -0.870. The molecular formula is C18H26Cl3N5O4+2. The van der Waals surface area contributed by atoms with Crippen LogP contribution in [0.25, 0.3) is 10.4 Å². The zero-order chi connectivity index (χ0) is 23.3. The van der Waals surface area contributed by atoms with E-state index in [1.54, 1.807) is 0 Å². The molecule has 1 aromatic carbocycles. The first-order valence-electron chi connectivity index (χ1n) is 8.90. The van der Waals surface area contributed by atoms with Crippen LogP contribution in [0.3, 0.4) is 0 Å². The lowest BCUT2D eigenvalue weighted by Gasteiger charge is -2.24. The minimum Gasteiger partial charge on any atom is -0.456 e. The van der Waals surface area contributed by atoms with E-state index in [1.807, 2.05) is 42.3 Å². The molecule has 1 aromatic rings. The Labute approximate surface area is 190 Å². The van der Waals surface area contributed by atoms with E-state index in [0.717, 1.165) is 0 Å². The number of halogens is 3. The number of esters is 2. The molecular weight excluding hydrogens is 457 g/mol. The Morgan fingerprint density at radius 1 is 0.833 bits per heavy atom. The minimum atomic E-state index is -0.870. The van der Waals surface area contributed by atoms with E-state index in [9.17, 15) is 9.59 Å². The van der Waals surface area contributed by atoms with Gasteiger partial charge in [0.05, 0.1) is 74.2 Å². The molecule has 0 radical (unpaired) electrons. The van der Waals surface area contributed by atoms with Crippen molar-refractivity contribution in [1.82, 2.24) is 0 Å². The van der Waals surface area contributed by atoms with E-state index in [4.69, 9.17) is 49.8 Å². The maximum Gasteiger partial charge on any atom is 0.341 e. The van der Waals surface area contributed by atoms with Gasteiger partial charge in [-0.25, -0.2) is 9.59 Å². The van der Waals surface area contributed by atoms with Crippen molar-refractivity contribution in [2.45, 2.75) is 0 Å². The third kappa shape index (κ3) is 7.50. The van der Waals surface area contributed by atoms with Gasteiger partial charge in [0.15, 0.2) is 0 Å². The molecule has 0 aromatic heterocycles. The zero-order valence-electron chi connectivity index (χ0n) is 17.8. The van der Waals surface area contributed by atoms with Crippen LogP contribution in [-0.4, -0.2) is 89.5 Å². The Balaban J connectivity index is 3.34. The predicted molar refractivity (Wildman–Crippen MR) is 117 cm³/mol. The van der Waals surface area contributed by atoms with Gasteiger partial charge in [-0.1, -0.05) is 39.9 Å². The van der Waals surface area contributed by atoms with E-state index < -0.39 is 11.9 Å². The Morgan fingerprint density at radius 3 is 1.50 bits per heavy atom. The maximum atomic E-state index is 12.6. The van der Waals surface area contributed by atoms with Gasteiger partial charge in [-0.15, -0.1) is 0 Å². The lowest BCUT2D eigenvalue weighted by Crippen LogP contribution is -2.38. The van der Waals surface area contributed by atoms with Gasteiger partial charge >= 0.3 is 11.9 Å². The Morgan fingerprint density at radius 2 is 1.20 bits per heavy atom. The van der Waals surface area contributed by atoms with Crippen molar-refractivity contribution in [1.29, 1.82) is 0 Å². The number of hydrogen-bond acceptors (Lipinski definition) is 5. The fraction of sp³-hybridized carbons (Fsp3) is 0.556. The molecule has 0 saturated carbocycles. The number of hydrogen-bond donors (Lipinski definition) is 0. The second kappa shape index (κ2) is 10.5. The van der Waals surface area contributed by atoms with Crippen LogP contribution in [0.4, 0.5) is 5.69 Å². The van der Waals surface area contributed by atoms with Crippen LogP contribution in [0.15, 0.2) is 5.11 Å². The van der Waals surface area contributed by atoms with E-state index in [0.29, 0.717) is 22.1 Å². The van der Waals surface area contributed by atoms with Crippen molar-refractivity contribution >= 4 is 52.4 Å². The summed E-state index contributed by atoms with van der Waals surface area (Å²) in [5.74, 6) is -1.74. The molecule has 166 valence electrons. The molecule has 12 heteroatoms. The highest BCUT2D eigenvalue weighted by Crippen LogP contribution is 2.44. The van der Waals surface area contributed by atoms with Crippen molar-refractivity contribution in [3.63, 3.8) is 0 Å². The molecule has 0 bridgehead atoms. The highest BCUT2D eigenvalue weighted by Gasteiger charge is 2.30. The number of quaternary nitrogens is 2. The van der Waals surface area contributed by atoms with Crippen molar-refractivity contribution in [2.75, 3.05) is 68.6 Å². The molecule has 30 heavy (non-hydrogen) atoms. The monoisotopic (exact) mass is 481 g/mol. The van der Waals surface area contributed by atoms with Gasteiger partial charge in [0.1, 0.15) is 26.3 Å². The lowest BCUT2D eigenvalue weighted by atomic mass is 10.1. The molecule has 9 nitrogen and oxygen atoms in total. The molecule has 0 saturated heterocycles. The van der Waals surface area contributed by atoms with Crippen LogP contribution >= 0.6 is 34.8 Å². The van der Waals surface area contributed by atoms with E-state index in [1.165, 1.54) is 0 Å². The SMILES string of the molecule is C[N+](C)(C)CCOC(=O)c1c(Cl)c(N=[N+]=[N-])c(Cl)c(C(=O)OCC[N+](C)(C)C)c1Cl. The summed E-state index contributed by atoms with van der Waals surface area (Å²) in [5.41, 5.74) is 7.90. The third-order valence-electron chi connectivity index (χ3n) is 3.84. The first kappa shape index (κ1) is 26.3. The predicted octanol–water partition coefficient (Wildman–Crippen LogP) is 4.31. The summed E-state index contributed by atoms with van der Waals surface area (Å²) in [5, 5.41) is 2.47. The Kier molecular flexibility index (Phi) is 9.23. The molecule has 0 N–H and O–H groups in total. The Bertz CT molecular complexity index is 813. The molecule has 0 heterocycles. The van der Waals surface area contributed by atoms with Crippen LogP contribution in [0.1, 0.15) is 20.7 Å². The van der Waals surface area contributed by atoms with Crippen molar-refractivity contribution in [3.05, 3.63) is 36.6 Å². The second-order valence-electron chi connectivity index (χ2n) is 8.53. The molecule has 0 amide bonds. The van der Waals surface area contributed by atoms with Gasteiger partial charge in [-0.2, -0.15) is 0 Å². The van der Waals surface area contributed by atoms with Crippen LogP contribution in [0, 0.1) is 0 Å². The van der Waals surface area contributed by atoms with Crippen molar-refractivity contribution in [3.8, 4) is 0 Å². The summed E-state index contributed by atoms with van der Waals surface area (Å²) in [7, 11) is 11.6. The average molecular weight is 483 g/mol. The average Bonchev–Trinajstić information content (AvgIpc) is 2.56. The molecule has 0 atom stereocenters. The van der Waals surface area contributed by atoms with Crippen LogP contribution in [-0.2, 0) is 9.47 Å². The zero-order valence-corrected chi connectivity index (χ0v) is 20.1. The fourth-order valence-corrected chi connectivity index (χ4v) is 3.21. The van der Waals surface area contributed by atoms with Crippen molar-refractivity contribution < 1.29 is 28.0 Å². The molecule has 0 spiro atoms. The van der Waals surface area contributed by atoms with Crippen LogP contribution < -0.4 is 0 Å². The number of azide groups is 1. The maximum absolute atomic E-state index is 12.6. The van der Waals surface area contributed by atoms with Gasteiger partial charge in [0.25, 0.3) is 0 Å². The number of carbonyl (C=O) groups is 2. The molecule has 0 aliphatic heterocycles. The molecule has 0 unspecified atom stereocenters. The molecule has 1 rings (SSSR count). The molecule has 0 aliphatic carbocycles. The fourth-order valence-electron chi connectivity index (χ4n) is 2.11. The highest BCUT2D eigenvalue weighted by atomic mass is 35.5. The number of ether oxygens (including phenoxy) is 2. The normalized spacial score (nSPS) is 11.6. The summed E-state index contributed by atoms with van der Waals surface area (Å²) in [4.78, 5) is 27.9. The number of likely N-dealkylation sites (N-methyl/N-ethyl adjacent to an activating group) is 2. The smallest absolute Gasteiger partial charge is 0.341 e. The van der Waals surface area contributed by atoms with Crippen molar-refractivity contribution in [2.24, 2.45) is 5.11 Å². The van der Waals surface area contributed by atoms with E-state index >= 15 is 0 Å². The number of nitrogens with zero attached hydrogens (tertiary/aromatic N) is 5. The van der Waals surface area contributed by atoms with Gasteiger partial charge in [0.2, 0.25) is 0 Å². The number of carbonyl (C=O) groups excluding carboxylic acids is 2. The summed E-state index contributed by atoms with van der Waals surface area (Å²) in [6.07, 6.45) is 0. The largest absolute Gasteiger partial charge is 0.456 e. The third-order valence-corrected chi connectivity index (χ3v) is 4.95. The Hall–Kier alpha value is -1.74. The summed E-state index contributed by atoms with van der Waals surface area (Å²) >= 11 is 18.7. The van der Waals surface area contributed by atoms with Crippen LogP contribution in [0.2, 0.25) is 15.1 Å². The molecule has 0 aliphatic rings. The molecule has 0 fully saturated rings. The minimum absolute atomic E-state index is 0.0811. The van der Waals surface area contributed by atoms with Crippen LogP contribution in [0.5, 0.6) is 0 Å².